The van der Waals surface area contributed by atoms with E-state index in [0.717, 1.165) is 47.1 Å². The van der Waals surface area contributed by atoms with Crippen molar-refractivity contribution in [2.24, 2.45) is 11.8 Å². The largest absolute Gasteiger partial charge is 0.480 e. The summed E-state index contributed by atoms with van der Waals surface area (Å²) in [7, 11) is 1.95. The minimum Gasteiger partial charge on any atom is -0.480 e. The lowest BCUT2D eigenvalue weighted by Gasteiger charge is -2.31. The zero-order valence-corrected chi connectivity index (χ0v) is 34.3. The van der Waals surface area contributed by atoms with Crippen LogP contribution in [-0.4, -0.2) is 84.2 Å². The number of fused-ring (bicyclic) bond motifs is 2. The number of hydrogen-bond donors (Lipinski definition) is 3. The summed E-state index contributed by atoms with van der Waals surface area (Å²) >= 11 is 0. The number of nitrogens with one attached hydrogen (secondary N) is 2. The molecule has 3 N–H and O–H groups in total. The zero-order chi connectivity index (χ0) is 41.6. The third kappa shape index (κ3) is 12.7. The topological polar surface area (TPSA) is 161 Å². The smallest absolute Gasteiger partial charge is 0.323 e. The first kappa shape index (κ1) is 44.6. The number of esters is 3. The van der Waals surface area contributed by atoms with Gasteiger partial charge in [-0.05, 0) is 94.2 Å². The molecular weight excluding hydrogens is 727 g/mol. The number of ether oxygens (including phenoxy) is 3. The molecule has 0 aromatic heterocycles. The van der Waals surface area contributed by atoms with Crippen LogP contribution < -0.4 is 20.1 Å². The van der Waals surface area contributed by atoms with Crippen LogP contribution in [0.5, 0.6) is 11.5 Å². The number of nitrogens with zero attached hydrogens (tertiary/aromatic N) is 1. The van der Waals surface area contributed by atoms with Gasteiger partial charge in [0.05, 0.1) is 24.5 Å². The van der Waals surface area contributed by atoms with Crippen LogP contribution in [0, 0.1) is 11.8 Å². The van der Waals surface area contributed by atoms with Gasteiger partial charge in [0.1, 0.15) is 12.6 Å². The molecule has 5 rings (SSSR count). The number of carbonyl (C=O) groups excluding carboxylic acids is 4. The molecule has 0 aliphatic heterocycles. The number of aliphatic carboxylic acids is 1. The predicted octanol–water partition coefficient (Wildman–Crippen LogP) is 5.50. The minimum absolute atomic E-state index is 0.222. The van der Waals surface area contributed by atoms with Gasteiger partial charge in [0.15, 0.2) is 11.5 Å². The molecule has 2 aliphatic carbocycles. The van der Waals surface area contributed by atoms with E-state index in [-0.39, 0.29) is 48.9 Å². The van der Waals surface area contributed by atoms with Gasteiger partial charge in [0, 0.05) is 17.6 Å². The Bertz CT molecular complexity index is 1820. The lowest BCUT2D eigenvalue weighted by molar-refractivity contribution is -0.149. The molecule has 0 fully saturated rings. The fourth-order valence-electron chi connectivity index (χ4n) is 7.06. The average molecular weight is 786 g/mol. The summed E-state index contributed by atoms with van der Waals surface area (Å²) in [5.74, 6) is -2.19. The molecule has 0 saturated carbocycles. The Morgan fingerprint density at radius 3 is 1.98 bits per heavy atom. The molecule has 12 heteroatoms. The number of aryl methyl sites for hydroxylation is 1. The minimum atomic E-state index is -1.06. The van der Waals surface area contributed by atoms with Gasteiger partial charge in [0.2, 0.25) is 5.91 Å². The van der Waals surface area contributed by atoms with Gasteiger partial charge in [-0.15, -0.1) is 0 Å². The van der Waals surface area contributed by atoms with Crippen LogP contribution in [0.4, 0.5) is 0 Å². The van der Waals surface area contributed by atoms with Crippen molar-refractivity contribution in [3.8, 4) is 11.5 Å². The number of likely N-dealkylation sites (N-methyl/N-ethyl adjacent to an activating group) is 1. The van der Waals surface area contributed by atoms with Crippen molar-refractivity contribution in [1.29, 1.82) is 0 Å². The summed E-state index contributed by atoms with van der Waals surface area (Å²) in [4.78, 5) is 63.0. The molecule has 3 aromatic rings. The Kier molecular flexibility index (Phi) is 16.8. The van der Waals surface area contributed by atoms with E-state index in [1.807, 2.05) is 67.7 Å². The standard InChI is InChI=1S/C26H32N2O5.C19H27NO4/c1-3-33-26(32)23(14-13-19-9-5-4-6-10-19)27-18(2)25(31)28(17-24(29)30)22-15-20-11-7-8-12-21(20)16-22;1-11(2)18(21)23-16-9-6-13-10-14(20-5)7-8-15(13)17(16)24-19(22)12(3)4/h4-12,18,22-23,27H,3,13-17H2,1-2H3,(H,29,30);6,9,11-12,14,20H,7-8,10H2,1-5H3/t18-,23-;/m0./s1. The van der Waals surface area contributed by atoms with Crippen molar-refractivity contribution in [3.05, 3.63) is 94.5 Å². The second-order valence-electron chi connectivity index (χ2n) is 15.3. The van der Waals surface area contributed by atoms with E-state index in [9.17, 15) is 29.1 Å². The molecule has 2 aliphatic rings. The first-order valence-electron chi connectivity index (χ1n) is 20.0. The number of carboxylic acids is 1. The molecule has 0 spiro atoms. The van der Waals surface area contributed by atoms with Crippen molar-refractivity contribution >= 4 is 29.8 Å². The molecule has 57 heavy (non-hydrogen) atoms. The number of benzene rings is 3. The lowest BCUT2D eigenvalue weighted by Crippen LogP contribution is -2.54. The van der Waals surface area contributed by atoms with Crippen molar-refractivity contribution in [2.45, 2.75) is 111 Å². The van der Waals surface area contributed by atoms with Gasteiger partial charge in [-0.2, -0.15) is 0 Å². The van der Waals surface area contributed by atoms with E-state index >= 15 is 0 Å². The molecule has 0 bridgehead atoms. The quantitative estimate of drug-likeness (QED) is 0.124. The van der Waals surface area contributed by atoms with Crippen LogP contribution in [0.1, 0.15) is 82.2 Å². The monoisotopic (exact) mass is 785 g/mol. The summed E-state index contributed by atoms with van der Waals surface area (Å²) in [6.45, 7) is 10.4. The molecular formula is C45H59N3O9. The fourth-order valence-corrected chi connectivity index (χ4v) is 7.06. The molecule has 3 atom stereocenters. The van der Waals surface area contributed by atoms with Gasteiger partial charge >= 0.3 is 23.9 Å². The highest BCUT2D eigenvalue weighted by Gasteiger charge is 2.35. The lowest BCUT2D eigenvalue weighted by atomic mass is 9.87. The Labute approximate surface area is 336 Å². The SMILES string of the molecule is CCOC(=O)[C@H](CCc1ccccc1)N[C@@H](C)C(=O)N(CC(=O)O)C1Cc2ccccc2C1.CNC1CCc2c(ccc(OC(=O)C(C)C)c2OC(=O)C(C)C)C1. The molecule has 0 saturated heterocycles. The Hall–Kier alpha value is -5.07. The van der Waals surface area contributed by atoms with Crippen molar-refractivity contribution in [2.75, 3.05) is 20.2 Å². The average Bonchev–Trinajstić information content (AvgIpc) is 3.63. The third-order valence-corrected chi connectivity index (χ3v) is 10.3. The molecule has 0 radical (unpaired) electrons. The number of amides is 1. The maximum atomic E-state index is 13.4. The van der Waals surface area contributed by atoms with Gasteiger partial charge in [-0.3, -0.25) is 29.3 Å². The maximum Gasteiger partial charge on any atom is 0.323 e. The van der Waals surface area contributed by atoms with E-state index < -0.39 is 24.0 Å². The van der Waals surface area contributed by atoms with Crippen molar-refractivity contribution < 1.29 is 43.3 Å². The van der Waals surface area contributed by atoms with Gasteiger partial charge in [-0.25, -0.2) is 0 Å². The predicted molar refractivity (Wildman–Crippen MR) is 217 cm³/mol. The maximum absolute atomic E-state index is 13.4. The van der Waals surface area contributed by atoms with E-state index in [1.165, 1.54) is 4.90 Å². The van der Waals surface area contributed by atoms with Gasteiger partial charge in [-0.1, -0.05) is 88.4 Å². The molecule has 12 nitrogen and oxygen atoms in total. The fraction of sp³-hybridized carbons (Fsp3) is 0.489. The van der Waals surface area contributed by atoms with Gasteiger partial charge < -0.3 is 29.5 Å². The Morgan fingerprint density at radius 2 is 1.40 bits per heavy atom. The molecule has 3 aromatic carbocycles. The summed E-state index contributed by atoms with van der Waals surface area (Å²) in [6.07, 6.45) is 4.97. The normalized spacial score (nSPS) is 15.7. The number of carboxylic acid groups (broad SMARTS) is 1. The van der Waals surface area contributed by atoms with Crippen LogP contribution in [0.25, 0.3) is 0 Å². The summed E-state index contributed by atoms with van der Waals surface area (Å²) < 4.78 is 16.3. The first-order valence-corrected chi connectivity index (χ1v) is 20.0. The summed E-state index contributed by atoms with van der Waals surface area (Å²) in [5.41, 5.74) is 5.47. The number of carbonyl (C=O) groups is 5. The highest BCUT2D eigenvalue weighted by molar-refractivity contribution is 5.86. The molecule has 1 unspecified atom stereocenters. The van der Waals surface area contributed by atoms with Crippen molar-refractivity contribution in [3.63, 3.8) is 0 Å². The third-order valence-electron chi connectivity index (χ3n) is 10.3. The van der Waals surface area contributed by atoms with E-state index in [0.29, 0.717) is 43.2 Å². The molecule has 308 valence electrons. The first-order chi connectivity index (χ1) is 27.2. The number of hydrogen-bond acceptors (Lipinski definition) is 10. The van der Waals surface area contributed by atoms with E-state index in [2.05, 4.69) is 10.6 Å². The second kappa shape index (κ2) is 21.5. The second-order valence-corrected chi connectivity index (χ2v) is 15.3. The number of rotatable bonds is 16. The van der Waals surface area contributed by atoms with Crippen LogP contribution in [0.15, 0.2) is 66.7 Å². The molecule has 0 heterocycles. The summed E-state index contributed by atoms with van der Waals surface area (Å²) in [6, 6.07) is 20.2. The highest BCUT2D eigenvalue weighted by atomic mass is 16.6. The van der Waals surface area contributed by atoms with E-state index in [4.69, 9.17) is 14.2 Å². The van der Waals surface area contributed by atoms with Crippen LogP contribution in [0.3, 0.4) is 0 Å². The van der Waals surface area contributed by atoms with Crippen LogP contribution in [-0.2, 0) is 60.8 Å². The van der Waals surface area contributed by atoms with Crippen molar-refractivity contribution in [1.82, 2.24) is 15.5 Å². The highest BCUT2D eigenvalue weighted by Crippen LogP contribution is 2.39. The summed E-state index contributed by atoms with van der Waals surface area (Å²) in [5, 5.41) is 15.9. The Balaban J connectivity index is 0.000000266. The van der Waals surface area contributed by atoms with Crippen LogP contribution >= 0.6 is 0 Å². The molecule has 1 amide bonds. The zero-order valence-electron chi connectivity index (χ0n) is 34.3. The van der Waals surface area contributed by atoms with Crippen LogP contribution in [0.2, 0.25) is 0 Å². The Morgan fingerprint density at radius 1 is 0.789 bits per heavy atom. The van der Waals surface area contributed by atoms with E-state index in [1.54, 1.807) is 47.6 Å². The van der Waals surface area contributed by atoms with Gasteiger partial charge in [0.25, 0.3) is 0 Å².